The number of hydrogen-bond donors (Lipinski definition) is 1. The van der Waals surface area contributed by atoms with Crippen LogP contribution in [0.3, 0.4) is 0 Å². The van der Waals surface area contributed by atoms with E-state index >= 15 is 0 Å². The molecule has 0 atom stereocenters. The number of fused-ring (bicyclic) bond motifs is 3. The van der Waals surface area contributed by atoms with E-state index in [1.54, 1.807) is 18.2 Å². The van der Waals surface area contributed by atoms with Crippen molar-refractivity contribution < 1.29 is 19.4 Å². The molecule has 0 amide bonds. The van der Waals surface area contributed by atoms with Crippen LogP contribution in [0.25, 0.3) is 16.8 Å². The number of ether oxygens (including phenoxy) is 2. The summed E-state index contributed by atoms with van der Waals surface area (Å²) in [5.74, 6) is 1.07. The minimum atomic E-state index is -0.145. The third kappa shape index (κ3) is 2.20. The van der Waals surface area contributed by atoms with E-state index in [-0.39, 0.29) is 17.3 Å². The summed E-state index contributed by atoms with van der Waals surface area (Å²) >= 11 is 0. The van der Waals surface area contributed by atoms with Gasteiger partial charge in [-0.25, -0.2) is 0 Å². The Balaban J connectivity index is 1.79. The molecular formula is C20H14O4. The summed E-state index contributed by atoms with van der Waals surface area (Å²) in [5, 5.41) is 11.5. The molecule has 0 fully saturated rings. The molecule has 0 aliphatic carbocycles. The maximum absolute atomic E-state index is 12.8. The zero-order valence-corrected chi connectivity index (χ0v) is 12.9. The minimum absolute atomic E-state index is 0.0487. The smallest absolute Gasteiger partial charge is 0.232 e. The third-order valence-corrected chi connectivity index (χ3v) is 4.06. The number of Topliss-reactive ketones (excluding diaryl/α,β-unsaturated/α-hetero) is 1. The second kappa shape index (κ2) is 5.42. The molecule has 1 aliphatic heterocycles. The van der Waals surface area contributed by atoms with Crippen LogP contribution < -0.4 is 9.47 Å². The Hall–Kier alpha value is -3.27. The van der Waals surface area contributed by atoms with E-state index in [9.17, 15) is 9.90 Å². The van der Waals surface area contributed by atoms with Gasteiger partial charge in [-0.1, -0.05) is 36.4 Å². The van der Waals surface area contributed by atoms with Crippen LogP contribution in [-0.2, 0) is 0 Å². The fourth-order valence-electron chi connectivity index (χ4n) is 2.89. The van der Waals surface area contributed by atoms with Crippen molar-refractivity contribution >= 4 is 22.6 Å². The van der Waals surface area contributed by atoms with Crippen LogP contribution in [0.15, 0.2) is 60.4 Å². The van der Waals surface area contributed by atoms with Crippen molar-refractivity contribution in [3.8, 4) is 17.2 Å². The monoisotopic (exact) mass is 318 g/mol. The van der Waals surface area contributed by atoms with E-state index in [4.69, 9.17) is 9.47 Å². The summed E-state index contributed by atoms with van der Waals surface area (Å²) in [7, 11) is 1.48. The van der Waals surface area contributed by atoms with Crippen molar-refractivity contribution in [3.63, 3.8) is 0 Å². The lowest BCUT2D eigenvalue weighted by Crippen LogP contribution is -1.98. The Morgan fingerprint density at radius 3 is 2.75 bits per heavy atom. The van der Waals surface area contributed by atoms with Crippen LogP contribution in [-0.4, -0.2) is 18.0 Å². The molecule has 0 unspecified atom stereocenters. The molecule has 0 bridgehead atoms. The Morgan fingerprint density at radius 2 is 1.92 bits per heavy atom. The van der Waals surface area contributed by atoms with Gasteiger partial charge in [-0.3, -0.25) is 4.79 Å². The number of rotatable bonds is 2. The predicted molar refractivity (Wildman–Crippen MR) is 91.5 cm³/mol. The highest BCUT2D eigenvalue weighted by molar-refractivity contribution is 6.21. The number of allylic oxidation sites excluding steroid dienone is 1. The van der Waals surface area contributed by atoms with Gasteiger partial charge >= 0.3 is 0 Å². The van der Waals surface area contributed by atoms with Crippen LogP contribution in [0, 0.1) is 0 Å². The van der Waals surface area contributed by atoms with Gasteiger partial charge in [-0.15, -0.1) is 0 Å². The van der Waals surface area contributed by atoms with E-state index < -0.39 is 0 Å². The molecule has 0 spiro atoms. The zero-order chi connectivity index (χ0) is 16.7. The lowest BCUT2D eigenvalue weighted by Gasteiger charge is -2.04. The predicted octanol–water partition coefficient (Wildman–Crippen LogP) is 4.17. The van der Waals surface area contributed by atoms with Gasteiger partial charge in [0.1, 0.15) is 5.75 Å². The van der Waals surface area contributed by atoms with E-state index in [1.165, 1.54) is 13.2 Å². The van der Waals surface area contributed by atoms with Gasteiger partial charge in [0, 0.05) is 0 Å². The van der Waals surface area contributed by atoms with E-state index in [0.717, 1.165) is 10.8 Å². The second-order valence-corrected chi connectivity index (χ2v) is 5.53. The topological polar surface area (TPSA) is 55.8 Å². The molecule has 0 saturated carbocycles. The van der Waals surface area contributed by atoms with Crippen LogP contribution in [0.2, 0.25) is 0 Å². The Labute approximate surface area is 138 Å². The average Bonchev–Trinajstić information content (AvgIpc) is 2.93. The second-order valence-electron chi connectivity index (χ2n) is 5.53. The molecule has 4 rings (SSSR count). The summed E-state index contributed by atoms with van der Waals surface area (Å²) in [6, 6.07) is 16.4. The number of ketones is 1. The highest BCUT2D eigenvalue weighted by Gasteiger charge is 2.29. The number of benzene rings is 3. The standard InChI is InChI=1S/C20H14O4/c1-23-17-10-12(6-8-15(17)21)11-18-20(22)19-14-5-3-2-4-13(14)7-9-16(19)24-18/h2-11,21H,1H3. The fourth-order valence-corrected chi connectivity index (χ4v) is 2.89. The Kier molecular flexibility index (Phi) is 3.24. The molecule has 3 aromatic rings. The fraction of sp³-hybridized carbons (Fsp3) is 0.0500. The maximum atomic E-state index is 12.8. The number of carbonyl (C=O) groups is 1. The largest absolute Gasteiger partial charge is 0.504 e. The van der Waals surface area contributed by atoms with Crippen molar-refractivity contribution in [2.75, 3.05) is 7.11 Å². The highest BCUT2D eigenvalue weighted by Crippen LogP contribution is 2.37. The number of aromatic hydroxyl groups is 1. The van der Waals surface area contributed by atoms with Crippen molar-refractivity contribution in [3.05, 3.63) is 71.5 Å². The van der Waals surface area contributed by atoms with Crippen LogP contribution in [0.1, 0.15) is 15.9 Å². The average molecular weight is 318 g/mol. The Morgan fingerprint density at radius 1 is 1.08 bits per heavy atom. The molecule has 4 heteroatoms. The van der Waals surface area contributed by atoms with Crippen LogP contribution in [0.4, 0.5) is 0 Å². The van der Waals surface area contributed by atoms with Gasteiger partial charge in [-0.05, 0) is 40.6 Å². The molecule has 24 heavy (non-hydrogen) atoms. The molecule has 118 valence electrons. The minimum Gasteiger partial charge on any atom is -0.504 e. The normalized spacial score (nSPS) is 14.7. The number of carbonyl (C=O) groups excluding carboxylic acids is 1. The first-order valence-electron chi connectivity index (χ1n) is 7.50. The lowest BCUT2D eigenvalue weighted by atomic mass is 10.0. The summed E-state index contributed by atoms with van der Waals surface area (Å²) in [5.41, 5.74) is 1.30. The Bertz CT molecular complexity index is 1000. The quantitative estimate of drug-likeness (QED) is 0.721. The van der Waals surface area contributed by atoms with E-state index in [0.29, 0.717) is 22.6 Å². The van der Waals surface area contributed by atoms with E-state index in [2.05, 4.69) is 0 Å². The number of methoxy groups -OCH3 is 1. The first-order chi connectivity index (χ1) is 11.7. The van der Waals surface area contributed by atoms with Gasteiger partial charge in [0.25, 0.3) is 0 Å². The van der Waals surface area contributed by atoms with Gasteiger partial charge in [-0.2, -0.15) is 0 Å². The van der Waals surface area contributed by atoms with E-state index in [1.807, 2.05) is 36.4 Å². The summed E-state index contributed by atoms with van der Waals surface area (Å²) in [6.45, 7) is 0. The van der Waals surface area contributed by atoms with Gasteiger partial charge in [0.05, 0.1) is 12.7 Å². The number of hydrogen-bond acceptors (Lipinski definition) is 4. The molecule has 3 aromatic carbocycles. The summed E-state index contributed by atoms with van der Waals surface area (Å²) in [6.07, 6.45) is 1.65. The molecule has 0 aromatic heterocycles. The first kappa shape index (κ1) is 14.3. The van der Waals surface area contributed by atoms with Crippen molar-refractivity contribution in [1.29, 1.82) is 0 Å². The van der Waals surface area contributed by atoms with Crippen LogP contribution in [0.5, 0.6) is 17.2 Å². The molecule has 0 radical (unpaired) electrons. The molecule has 4 nitrogen and oxygen atoms in total. The van der Waals surface area contributed by atoms with Crippen LogP contribution >= 0.6 is 0 Å². The SMILES string of the molecule is COc1cc(C=C2Oc3ccc4ccccc4c3C2=O)ccc1O. The molecule has 1 heterocycles. The summed E-state index contributed by atoms with van der Waals surface area (Å²) in [4.78, 5) is 12.8. The summed E-state index contributed by atoms with van der Waals surface area (Å²) < 4.78 is 10.8. The third-order valence-electron chi connectivity index (χ3n) is 4.06. The van der Waals surface area contributed by atoms with Gasteiger partial charge in [0.2, 0.25) is 5.78 Å². The maximum Gasteiger partial charge on any atom is 0.232 e. The highest BCUT2D eigenvalue weighted by atomic mass is 16.5. The zero-order valence-electron chi connectivity index (χ0n) is 12.9. The van der Waals surface area contributed by atoms with Crippen molar-refractivity contribution in [2.45, 2.75) is 0 Å². The molecule has 0 saturated heterocycles. The number of phenols is 1. The van der Waals surface area contributed by atoms with Crippen molar-refractivity contribution in [1.82, 2.24) is 0 Å². The number of phenolic OH excluding ortho intramolecular Hbond substituents is 1. The molecule has 1 N–H and O–H groups in total. The van der Waals surface area contributed by atoms with Crippen molar-refractivity contribution in [2.24, 2.45) is 0 Å². The lowest BCUT2D eigenvalue weighted by molar-refractivity contribution is 0.101. The van der Waals surface area contributed by atoms with Gasteiger partial charge < -0.3 is 14.6 Å². The first-order valence-corrected chi connectivity index (χ1v) is 7.50. The molecular weight excluding hydrogens is 304 g/mol. The van der Waals surface area contributed by atoms with Gasteiger partial charge in [0.15, 0.2) is 17.3 Å². The molecule has 1 aliphatic rings.